The fourth-order valence-corrected chi connectivity index (χ4v) is 2.51. The van der Waals surface area contributed by atoms with Gasteiger partial charge in [0.15, 0.2) is 11.6 Å². The van der Waals surface area contributed by atoms with Crippen LogP contribution < -0.4 is 15.4 Å². The highest BCUT2D eigenvalue weighted by Crippen LogP contribution is 2.15. The fourth-order valence-electron chi connectivity index (χ4n) is 2.51. The molecule has 0 heterocycles. The summed E-state index contributed by atoms with van der Waals surface area (Å²) in [5, 5.41) is 5.66. The van der Waals surface area contributed by atoms with Crippen LogP contribution in [0.1, 0.15) is 18.4 Å². The van der Waals surface area contributed by atoms with Crippen molar-refractivity contribution in [3.63, 3.8) is 0 Å². The molecular weight excluding hydrogens is 361 g/mol. The Bertz CT molecular complexity index is 796. The molecule has 2 aromatic carbocycles. The number of halogens is 1. The minimum atomic E-state index is -0.412. The first kappa shape index (κ1) is 21.4. The minimum absolute atomic E-state index is 0.0963. The van der Waals surface area contributed by atoms with Crippen molar-refractivity contribution < 1.29 is 18.7 Å². The molecule has 0 spiro atoms. The van der Waals surface area contributed by atoms with E-state index in [9.17, 15) is 14.0 Å². The van der Waals surface area contributed by atoms with Gasteiger partial charge in [-0.3, -0.25) is 9.59 Å². The van der Waals surface area contributed by atoms with E-state index in [0.29, 0.717) is 25.2 Å². The predicted octanol–water partition coefficient (Wildman–Crippen LogP) is 2.80. The van der Waals surface area contributed by atoms with Gasteiger partial charge < -0.3 is 20.3 Å². The van der Waals surface area contributed by atoms with E-state index in [1.807, 2.05) is 32.3 Å². The SMILES string of the molecule is CN(C)CC(=O)Nc1cccc(CNC(=O)CCCOc2ccccc2F)c1. The van der Waals surface area contributed by atoms with Crippen LogP contribution in [0.15, 0.2) is 48.5 Å². The Morgan fingerprint density at radius 2 is 1.86 bits per heavy atom. The topological polar surface area (TPSA) is 70.7 Å². The molecule has 0 bridgehead atoms. The number of rotatable bonds is 10. The number of nitrogens with zero attached hydrogens (tertiary/aromatic N) is 1. The van der Waals surface area contributed by atoms with Crippen LogP contribution in [0.4, 0.5) is 10.1 Å². The molecule has 7 heteroatoms. The van der Waals surface area contributed by atoms with Crippen molar-refractivity contribution in [1.29, 1.82) is 0 Å². The summed E-state index contributed by atoms with van der Waals surface area (Å²) in [5.41, 5.74) is 1.58. The summed E-state index contributed by atoms with van der Waals surface area (Å²) in [4.78, 5) is 25.6. The monoisotopic (exact) mass is 387 g/mol. The summed E-state index contributed by atoms with van der Waals surface area (Å²) in [5.74, 6) is -0.430. The number of para-hydroxylation sites is 1. The van der Waals surface area contributed by atoms with E-state index < -0.39 is 5.82 Å². The van der Waals surface area contributed by atoms with Crippen LogP contribution in [0.3, 0.4) is 0 Å². The zero-order valence-electron chi connectivity index (χ0n) is 16.2. The molecule has 28 heavy (non-hydrogen) atoms. The number of benzene rings is 2. The van der Waals surface area contributed by atoms with Crippen LogP contribution in [-0.4, -0.2) is 44.0 Å². The summed E-state index contributed by atoms with van der Waals surface area (Å²) >= 11 is 0. The molecule has 2 aromatic rings. The van der Waals surface area contributed by atoms with E-state index in [4.69, 9.17) is 4.74 Å². The fraction of sp³-hybridized carbons (Fsp3) is 0.333. The van der Waals surface area contributed by atoms with Gasteiger partial charge in [0.1, 0.15) is 0 Å². The second-order valence-corrected chi connectivity index (χ2v) is 6.65. The van der Waals surface area contributed by atoms with Crippen molar-refractivity contribution in [2.75, 3.05) is 32.6 Å². The number of carbonyl (C=O) groups excluding carboxylic acids is 2. The lowest BCUT2D eigenvalue weighted by molar-refractivity contribution is -0.121. The van der Waals surface area contributed by atoms with Gasteiger partial charge in [0.25, 0.3) is 0 Å². The summed E-state index contributed by atoms with van der Waals surface area (Å²) in [6, 6.07) is 13.5. The van der Waals surface area contributed by atoms with Gasteiger partial charge in [-0.25, -0.2) is 4.39 Å². The lowest BCUT2D eigenvalue weighted by Gasteiger charge is -2.11. The van der Waals surface area contributed by atoms with Crippen LogP contribution in [-0.2, 0) is 16.1 Å². The van der Waals surface area contributed by atoms with Gasteiger partial charge >= 0.3 is 0 Å². The average Bonchev–Trinajstić information content (AvgIpc) is 2.64. The first-order valence-electron chi connectivity index (χ1n) is 9.11. The van der Waals surface area contributed by atoms with Crippen molar-refractivity contribution in [3.8, 4) is 5.75 Å². The maximum absolute atomic E-state index is 13.4. The summed E-state index contributed by atoms with van der Waals surface area (Å²) in [6.45, 7) is 0.933. The third-order valence-electron chi connectivity index (χ3n) is 3.80. The summed E-state index contributed by atoms with van der Waals surface area (Å²) in [6.07, 6.45) is 0.772. The molecule has 2 N–H and O–H groups in total. The van der Waals surface area contributed by atoms with Gasteiger partial charge in [-0.15, -0.1) is 0 Å². The molecule has 0 aliphatic heterocycles. The van der Waals surface area contributed by atoms with Gasteiger partial charge in [-0.1, -0.05) is 24.3 Å². The van der Waals surface area contributed by atoms with E-state index in [-0.39, 0.29) is 30.6 Å². The lowest BCUT2D eigenvalue weighted by Crippen LogP contribution is -2.27. The van der Waals surface area contributed by atoms with Gasteiger partial charge in [0.2, 0.25) is 11.8 Å². The van der Waals surface area contributed by atoms with E-state index >= 15 is 0 Å². The number of ether oxygens (including phenoxy) is 1. The maximum atomic E-state index is 13.4. The van der Waals surface area contributed by atoms with Gasteiger partial charge in [0, 0.05) is 18.7 Å². The maximum Gasteiger partial charge on any atom is 0.238 e. The van der Waals surface area contributed by atoms with Crippen LogP contribution in [0, 0.1) is 5.82 Å². The lowest BCUT2D eigenvalue weighted by atomic mass is 10.2. The Kier molecular flexibility index (Phi) is 8.42. The molecule has 0 aliphatic rings. The Morgan fingerprint density at radius 3 is 2.61 bits per heavy atom. The number of hydrogen-bond acceptors (Lipinski definition) is 4. The van der Waals surface area contributed by atoms with Crippen LogP contribution in [0.5, 0.6) is 5.75 Å². The van der Waals surface area contributed by atoms with E-state index in [1.54, 1.807) is 29.2 Å². The first-order valence-corrected chi connectivity index (χ1v) is 9.11. The molecule has 0 aromatic heterocycles. The highest BCUT2D eigenvalue weighted by molar-refractivity contribution is 5.92. The van der Waals surface area contributed by atoms with E-state index in [1.165, 1.54) is 6.07 Å². The number of amides is 2. The van der Waals surface area contributed by atoms with E-state index in [2.05, 4.69) is 10.6 Å². The second kappa shape index (κ2) is 11.0. The summed E-state index contributed by atoms with van der Waals surface area (Å²) in [7, 11) is 3.65. The minimum Gasteiger partial charge on any atom is -0.491 e. The standard InChI is InChI=1S/C21H26FN3O3/c1-25(2)15-21(27)24-17-8-5-7-16(13-17)14-23-20(26)11-6-12-28-19-10-4-3-9-18(19)22/h3-5,7-10,13H,6,11-12,14-15H2,1-2H3,(H,23,26)(H,24,27). The van der Waals surface area contributed by atoms with Crippen molar-refractivity contribution in [2.45, 2.75) is 19.4 Å². The predicted molar refractivity (Wildman–Crippen MR) is 107 cm³/mol. The number of anilines is 1. The average molecular weight is 387 g/mol. The molecule has 0 aliphatic carbocycles. The highest BCUT2D eigenvalue weighted by Gasteiger charge is 2.06. The van der Waals surface area contributed by atoms with Crippen LogP contribution >= 0.6 is 0 Å². The Labute approximate surface area is 164 Å². The molecule has 0 atom stereocenters. The number of nitrogens with one attached hydrogen (secondary N) is 2. The summed E-state index contributed by atoms with van der Waals surface area (Å²) < 4.78 is 18.8. The Morgan fingerprint density at radius 1 is 1.07 bits per heavy atom. The first-order chi connectivity index (χ1) is 13.4. The zero-order valence-corrected chi connectivity index (χ0v) is 16.2. The van der Waals surface area contributed by atoms with Crippen molar-refractivity contribution >= 4 is 17.5 Å². The molecule has 0 radical (unpaired) electrons. The molecule has 0 fully saturated rings. The molecule has 0 saturated heterocycles. The Hall–Kier alpha value is -2.93. The molecule has 150 valence electrons. The molecular formula is C21H26FN3O3. The van der Waals surface area contributed by atoms with Crippen molar-refractivity contribution in [2.24, 2.45) is 0 Å². The zero-order chi connectivity index (χ0) is 20.4. The quantitative estimate of drug-likeness (QED) is 0.615. The largest absolute Gasteiger partial charge is 0.491 e. The third kappa shape index (κ3) is 7.75. The van der Waals surface area contributed by atoms with Crippen LogP contribution in [0.2, 0.25) is 0 Å². The second-order valence-electron chi connectivity index (χ2n) is 6.65. The third-order valence-corrected chi connectivity index (χ3v) is 3.80. The number of hydrogen-bond donors (Lipinski definition) is 2. The van der Waals surface area contributed by atoms with Crippen LogP contribution in [0.25, 0.3) is 0 Å². The van der Waals surface area contributed by atoms with Gasteiger partial charge in [-0.05, 0) is 50.3 Å². The highest BCUT2D eigenvalue weighted by atomic mass is 19.1. The van der Waals surface area contributed by atoms with Gasteiger partial charge in [-0.2, -0.15) is 0 Å². The normalized spacial score (nSPS) is 10.6. The molecule has 0 unspecified atom stereocenters. The van der Waals surface area contributed by atoms with Crippen molar-refractivity contribution in [3.05, 3.63) is 59.9 Å². The van der Waals surface area contributed by atoms with Gasteiger partial charge in [0.05, 0.1) is 13.2 Å². The molecule has 2 rings (SSSR count). The smallest absolute Gasteiger partial charge is 0.238 e. The number of carbonyl (C=O) groups is 2. The van der Waals surface area contributed by atoms with E-state index in [0.717, 1.165) is 5.56 Å². The Balaban J connectivity index is 1.70. The molecule has 6 nitrogen and oxygen atoms in total. The number of likely N-dealkylation sites (N-methyl/N-ethyl adjacent to an activating group) is 1. The van der Waals surface area contributed by atoms with Crippen molar-refractivity contribution in [1.82, 2.24) is 10.2 Å². The molecule has 0 saturated carbocycles. The molecule has 2 amide bonds.